The molecule has 0 spiro atoms. The van der Waals surface area contributed by atoms with Crippen LogP contribution in [-0.2, 0) is 9.53 Å². The number of hydrogen-bond acceptors (Lipinski definition) is 5. The molecule has 0 saturated heterocycles. The number of nitrogens with zero attached hydrogens (tertiary/aromatic N) is 1. The highest BCUT2D eigenvalue weighted by Gasteiger charge is 2.16. The van der Waals surface area contributed by atoms with Crippen molar-refractivity contribution in [3.8, 4) is 5.75 Å². The molecule has 1 amide bonds. The molecule has 134 valence electrons. The first-order valence-electron chi connectivity index (χ1n) is 8.36. The van der Waals surface area contributed by atoms with E-state index in [1.54, 1.807) is 32.2 Å². The molecule has 0 aliphatic heterocycles. The number of rotatable bonds is 7. The van der Waals surface area contributed by atoms with Crippen LogP contribution in [0.1, 0.15) is 42.7 Å². The van der Waals surface area contributed by atoms with Gasteiger partial charge in [0.2, 0.25) is 0 Å². The van der Waals surface area contributed by atoms with E-state index in [9.17, 15) is 9.59 Å². The fourth-order valence-electron chi connectivity index (χ4n) is 2.61. The first kappa shape index (κ1) is 18.7. The molecule has 0 bridgehead atoms. The zero-order valence-corrected chi connectivity index (χ0v) is 15.1. The molecular weight excluding hydrogens is 320 g/mol. The second-order valence-corrected chi connectivity index (χ2v) is 6.01. The van der Waals surface area contributed by atoms with Crippen molar-refractivity contribution < 1.29 is 19.1 Å². The molecule has 6 heteroatoms. The molecule has 1 N–H and O–H groups in total. The van der Waals surface area contributed by atoms with Crippen LogP contribution in [0.25, 0.3) is 10.9 Å². The maximum absolute atomic E-state index is 12.3. The number of ether oxygens (including phenoxy) is 2. The monoisotopic (exact) mass is 344 g/mol. The molecule has 0 fully saturated rings. The Morgan fingerprint density at radius 1 is 1.28 bits per heavy atom. The molecule has 0 unspecified atom stereocenters. The molecule has 0 saturated carbocycles. The van der Waals surface area contributed by atoms with E-state index >= 15 is 0 Å². The van der Waals surface area contributed by atoms with Crippen LogP contribution in [-0.4, -0.2) is 36.6 Å². The fourth-order valence-corrected chi connectivity index (χ4v) is 2.61. The zero-order valence-electron chi connectivity index (χ0n) is 15.1. The lowest BCUT2D eigenvalue weighted by atomic mass is 10.1. The Morgan fingerprint density at radius 3 is 2.72 bits per heavy atom. The summed E-state index contributed by atoms with van der Waals surface area (Å²) in [6.45, 7) is 5.41. The summed E-state index contributed by atoms with van der Waals surface area (Å²) in [6.07, 6.45) is 1.87. The molecule has 25 heavy (non-hydrogen) atoms. The van der Waals surface area contributed by atoms with E-state index in [-0.39, 0.29) is 18.6 Å². The molecule has 2 rings (SSSR count). The Bertz CT molecular complexity index is 773. The minimum absolute atomic E-state index is 0.0651. The minimum Gasteiger partial charge on any atom is -0.497 e. The minimum atomic E-state index is -0.555. The van der Waals surface area contributed by atoms with E-state index in [1.165, 1.54) is 0 Å². The highest BCUT2D eigenvalue weighted by atomic mass is 16.5. The first-order chi connectivity index (χ1) is 11.9. The van der Waals surface area contributed by atoms with Gasteiger partial charge in [0, 0.05) is 17.5 Å². The van der Waals surface area contributed by atoms with Gasteiger partial charge >= 0.3 is 5.97 Å². The maximum Gasteiger partial charge on any atom is 0.340 e. The fraction of sp³-hybridized carbons (Fsp3) is 0.421. The van der Waals surface area contributed by atoms with Crippen LogP contribution in [0.15, 0.2) is 24.3 Å². The lowest BCUT2D eigenvalue weighted by Gasteiger charge is -2.13. The normalized spacial score (nSPS) is 11.8. The number of methoxy groups -OCH3 is 1. The third-order valence-corrected chi connectivity index (χ3v) is 3.90. The van der Waals surface area contributed by atoms with Crippen molar-refractivity contribution in [1.82, 2.24) is 10.3 Å². The summed E-state index contributed by atoms with van der Waals surface area (Å²) in [5.74, 6) is -0.154. The Hall–Kier alpha value is -2.63. The third-order valence-electron chi connectivity index (χ3n) is 3.90. The smallest absolute Gasteiger partial charge is 0.340 e. The maximum atomic E-state index is 12.3. The number of fused-ring (bicyclic) bond motifs is 1. The number of esters is 1. The van der Waals surface area contributed by atoms with Crippen LogP contribution in [0.3, 0.4) is 0 Å². The summed E-state index contributed by atoms with van der Waals surface area (Å²) in [7, 11) is 1.59. The van der Waals surface area contributed by atoms with Gasteiger partial charge in [0.15, 0.2) is 6.61 Å². The van der Waals surface area contributed by atoms with Crippen molar-refractivity contribution in [2.24, 2.45) is 0 Å². The molecule has 1 heterocycles. The second-order valence-electron chi connectivity index (χ2n) is 6.01. The number of carbonyl (C=O) groups is 2. The zero-order chi connectivity index (χ0) is 18.4. The molecular formula is C19H24N2O4. The molecule has 6 nitrogen and oxygen atoms in total. The summed E-state index contributed by atoms with van der Waals surface area (Å²) < 4.78 is 10.3. The summed E-state index contributed by atoms with van der Waals surface area (Å²) in [5.41, 5.74) is 1.64. The van der Waals surface area contributed by atoms with Crippen molar-refractivity contribution in [2.75, 3.05) is 13.7 Å². The van der Waals surface area contributed by atoms with Crippen LogP contribution < -0.4 is 10.1 Å². The van der Waals surface area contributed by atoms with E-state index in [0.717, 1.165) is 23.7 Å². The highest BCUT2D eigenvalue weighted by molar-refractivity contribution is 5.96. The van der Waals surface area contributed by atoms with Crippen molar-refractivity contribution in [2.45, 2.75) is 39.7 Å². The molecule has 1 aromatic carbocycles. The summed E-state index contributed by atoms with van der Waals surface area (Å²) in [5, 5.41) is 3.60. The summed E-state index contributed by atoms with van der Waals surface area (Å²) in [4.78, 5) is 28.5. The van der Waals surface area contributed by atoms with Crippen molar-refractivity contribution in [3.63, 3.8) is 0 Å². The average molecular weight is 344 g/mol. The van der Waals surface area contributed by atoms with E-state index in [1.807, 2.05) is 19.9 Å². The third kappa shape index (κ3) is 4.92. The number of nitrogens with one attached hydrogen (secondary N) is 1. The number of benzene rings is 1. The number of aryl methyl sites for hydroxylation is 1. The SMILES string of the molecule is CCC[C@H](C)NC(=O)COC(=O)c1cc2ccc(OC)cc2nc1C. The van der Waals surface area contributed by atoms with Gasteiger partial charge in [0.05, 0.1) is 23.9 Å². The quantitative estimate of drug-likeness (QED) is 0.781. The summed E-state index contributed by atoms with van der Waals surface area (Å²) >= 11 is 0. The largest absolute Gasteiger partial charge is 0.497 e. The van der Waals surface area contributed by atoms with Gasteiger partial charge in [-0.3, -0.25) is 9.78 Å². The molecule has 1 atom stereocenters. The summed E-state index contributed by atoms with van der Waals surface area (Å²) in [6, 6.07) is 7.22. The number of aromatic nitrogens is 1. The van der Waals surface area contributed by atoms with Gasteiger partial charge in [-0.1, -0.05) is 13.3 Å². The number of carbonyl (C=O) groups excluding carboxylic acids is 2. The van der Waals surface area contributed by atoms with E-state index in [4.69, 9.17) is 9.47 Å². The first-order valence-corrected chi connectivity index (χ1v) is 8.36. The molecule has 0 radical (unpaired) electrons. The molecule has 2 aromatic rings. The van der Waals surface area contributed by atoms with Gasteiger partial charge in [-0.05, 0) is 38.5 Å². The Labute approximate surface area is 147 Å². The van der Waals surface area contributed by atoms with Crippen LogP contribution in [0.4, 0.5) is 0 Å². The van der Waals surface area contributed by atoms with Gasteiger partial charge in [-0.2, -0.15) is 0 Å². The van der Waals surface area contributed by atoms with Gasteiger partial charge in [0.1, 0.15) is 5.75 Å². The van der Waals surface area contributed by atoms with E-state index < -0.39 is 5.97 Å². The van der Waals surface area contributed by atoms with E-state index in [2.05, 4.69) is 10.3 Å². The van der Waals surface area contributed by atoms with Gasteiger partial charge in [-0.15, -0.1) is 0 Å². The van der Waals surface area contributed by atoms with Crippen LogP contribution in [0.5, 0.6) is 5.75 Å². The Morgan fingerprint density at radius 2 is 2.04 bits per heavy atom. The van der Waals surface area contributed by atoms with Crippen LogP contribution in [0.2, 0.25) is 0 Å². The predicted molar refractivity (Wildman–Crippen MR) is 95.8 cm³/mol. The highest BCUT2D eigenvalue weighted by Crippen LogP contribution is 2.22. The van der Waals surface area contributed by atoms with Crippen molar-refractivity contribution in [3.05, 3.63) is 35.5 Å². The van der Waals surface area contributed by atoms with E-state index in [0.29, 0.717) is 17.0 Å². The van der Waals surface area contributed by atoms with Crippen molar-refractivity contribution >= 4 is 22.8 Å². The van der Waals surface area contributed by atoms with Crippen molar-refractivity contribution in [1.29, 1.82) is 0 Å². The van der Waals surface area contributed by atoms with Crippen LogP contribution in [0, 0.1) is 6.92 Å². The van der Waals surface area contributed by atoms with Gasteiger partial charge < -0.3 is 14.8 Å². The lowest BCUT2D eigenvalue weighted by Crippen LogP contribution is -2.35. The Balaban J connectivity index is 2.06. The lowest BCUT2D eigenvalue weighted by molar-refractivity contribution is -0.124. The standard InChI is InChI=1S/C19H24N2O4/c1-5-6-12(2)20-18(22)11-25-19(23)16-9-14-7-8-15(24-4)10-17(14)21-13(16)3/h7-10,12H,5-6,11H2,1-4H3,(H,20,22)/t12-/m0/s1. The average Bonchev–Trinajstić information content (AvgIpc) is 2.58. The second kappa shape index (κ2) is 8.46. The molecule has 0 aliphatic rings. The number of hydrogen-bond donors (Lipinski definition) is 1. The molecule has 1 aromatic heterocycles. The van der Waals surface area contributed by atoms with Gasteiger partial charge in [-0.25, -0.2) is 4.79 Å². The van der Waals surface area contributed by atoms with Gasteiger partial charge in [0.25, 0.3) is 5.91 Å². The predicted octanol–water partition coefficient (Wildman–Crippen LogP) is 3.01. The van der Waals surface area contributed by atoms with Crippen LogP contribution >= 0.6 is 0 Å². The Kier molecular flexibility index (Phi) is 6.33. The topological polar surface area (TPSA) is 77.5 Å². The molecule has 0 aliphatic carbocycles. The number of amides is 1. The number of pyridine rings is 1.